The van der Waals surface area contributed by atoms with Crippen LogP contribution in [0.3, 0.4) is 0 Å². The average molecular weight is 365 g/mol. The number of hydrogen-bond donors (Lipinski definition) is 1. The molecule has 5 nitrogen and oxygen atoms in total. The van der Waals surface area contributed by atoms with E-state index in [0.29, 0.717) is 24.1 Å². The number of ether oxygens (including phenoxy) is 1. The number of nitrogens with zero attached hydrogens (tertiary/aromatic N) is 2. The van der Waals surface area contributed by atoms with Crippen molar-refractivity contribution in [1.29, 1.82) is 0 Å². The van der Waals surface area contributed by atoms with E-state index in [9.17, 15) is 9.18 Å². The highest BCUT2D eigenvalue weighted by Crippen LogP contribution is 2.29. The second-order valence-corrected chi connectivity index (χ2v) is 6.80. The molecule has 138 valence electrons. The number of nitrogens with one attached hydrogen (secondary N) is 1. The molecular weight excluding hydrogens is 345 g/mol. The SMILES string of the molecule is O=C(Nc1ccc2c(OCC3CCCC3)nccc2c1)c1ncccc1F. The minimum atomic E-state index is -0.650. The predicted octanol–water partition coefficient (Wildman–Crippen LogP) is 4.59. The highest BCUT2D eigenvalue weighted by atomic mass is 19.1. The topological polar surface area (TPSA) is 64.1 Å². The molecule has 0 unspecified atom stereocenters. The van der Waals surface area contributed by atoms with Gasteiger partial charge >= 0.3 is 0 Å². The smallest absolute Gasteiger partial charge is 0.277 e. The number of hydrogen-bond acceptors (Lipinski definition) is 4. The maximum atomic E-state index is 13.7. The van der Waals surface area contributed by atoms with E-state index in [-0.39, 0.29) is 5.69 Å². The van der Waals surface area contributed by atoms with Crippen LogP contribution in [-0.2, 0) is 0 Å². The van der Waals surface area contributed by atoms with E-state index in [4.69, 9.17) is 4.74 Å². The second kappa shape index (κ2) is 7.70. The Labute approximate surface area is 156 Å². The molecule has 3 aromatic rings. The summed E-state index contributed by atoms with van der Waals surface area (Å²) in [4.78, 5) is 20.4. The Morgan fingerprint density at radius 1 is 1.15 bits per heavy atom. The van der Waals surface area contributed by atoms with Gasteiger partial charge in [0.25, 0.3) is 5.91 Å². The number of carbonyl (C=O) groups excluding carboxylic acids is 1. The number of pyridine rings is 2. The fourth-order valence-corrected chi connectivity index (χ4v) is 3.46. The third kappa shape index (κ3) is 3.89. The van der Waals surface area contributed by atoms with Crippen LogP contribution >= 0.6 is 0 Å². The molecule has 1 aliphatic rings. The summed E-state index contributed by atoms with van der Waals surface area (Å²) in [6, 6.07) is 9.94. The number of amides is 1. The van der Waals surface area contributed by atoms with Gasteiger partial charge in [-0.05, 0) is 60.5 Å². The first kappa shape index (κ1) is 17.4. The summed E-state index contributed by atoms with van der Waals surface area (Å²) < 4.78 is 19.7. The molecule has 1 aromatic carbocycles. The Balaban J connectivity index is 1.52. The van der Waals surface area contributed by atoms with Crippen molar-refractivity contribution in [3.05, 3.63) is 60.3 Å². The molecule has 0 aliphatic heterocycles. The molecule has 1 saturated carbocycles. The summed E-state index contributed by atoms with van der Waals surface area (Å²) >= 11 is 0. The molecule has 27 heavy (non-hydrogen) atoms. The lowest BCUT2D eigenvalue weighted by Crippen LogP contribution is -2.15. The van der Waals surface area contributed by atoms with E-state index in [0.717, 1.165) is 10.8 Å². The van der Waals surface area contributed by atoms with Gasteiger partial charge in [0.15, 0.2) is 11.5 Å². The molecule has 2 heterocycles. The van der Waals surface area contributed by atoms with Crippen LogP contribution in [0.2, 0.25) is 0 Å². The van der Waals surface area contributed by atoms with Crippen molar-refractivity contribution in [2.24, 2.45) is 5.92 Å². The van der Waals surface area contributed by atoms with E-state index < -0.39 is 11.7 Å². The van der Waals surface area contributed by atoms with E-state index >= 15 is 0 Å². The molecule has 0 spiro atoms. The number of aromatic nitrogens is 2. The van der Waals surface area contributed by atoms with Crippen LogP contribution in [0.15, 0.2) is 48.8 Å². The minimum absolute atomic E-state index is 0.229. The van der Waals surface area contributed by atoms with E-state index in [1.165, 1.54) is 44.0 Å². The number of anilines is 1. The lowest BCUT2D eigenvalue weighted by molar-refractivity contribution is 0.101. The minimum Gasteiger partial charge on any atom is -0.477 e. The summed E-state index contributed by atoms with van der Waals surface area (Å²) in [7, 11) is 0. The standard InChI is InChI=1S/C21H20FN3O2/c22-18-6-3-10-23-19(18)20(26)25-16-7-8-17-15(12-16)9-11-24-21(17)27-13-14-4-1-2-5-14/h3,6-12,14H,1-2,4-5,13H2,(H,25,26). The van der Waals surface area contributed by atoms with Gasteiger partial charge in [0.1, 0.15) is 0 Å². The Hall–Kier alpha value is -3.02. The Kier molecular flexibility index (Phi) is 4.96. The third-order valence-electron chi connectivity index (χ3n) is 4.89. The van der Waals surface area contributed by atoms with Gasteiger partial charge in [-0.2, -0.15) is 0 Å². The summed E-state index contributed by atoms with van der Waals surface area (Å²) in [5.74, 6) is -0.0243. The van der Waals surface area contributed by atoms with Crippen LogP contribution in [0.1, 0.15) is 36.2 Å². The van der Waals surface area contributed by atoms with E-state index in [1.54, 1.807) is 12.3 Å². The molecule has 0 atom stereocenters. The zero-order valence-electron chi connectivity index (χ0n) is 14.8. The number of fused-ring (bicyclic) bond motifs is 1. The van der Waals surface area contributed by atoms with Crippen LogP contribution in [0.5, 0.6) is 5.88 Å². The highest BCUT2D eigenvalue weighted by molar-refractivity contribution is 6.04. The summed E-state index contributed by atoms with van der Waals surface area (Å²) in [5.41, 5.74) is 0.332. The van der Waals surface area contributed by atoms with Crippen LogP contribution in [0, 0.1) is 11.7 Å². The van der Waals surface area contributed by atoms with Crippen LogP contribution < -0.4 is 10.1 Å². The monoisotopic (exact) mass is 365 g/mol. The molecule has 0 saturated heterocycles. The number of halogens is 1. The van der Waals surface area contributed by atoms with E-state index in [1.807, 2.05) is 18.2 Å². The molecule has 1 N–H and O–H groups in total. The fourth-order valence-electron chi connectivity index (χ4n) is 3.46. The quantitative estimate of drug-likeness (QED) is 0.718. The normalized spacial score (nSPS) is 14.4. The van der Waals surface area contributed by atoms with Gasteiger partial charge in [-0.1, -0.05) is 12.8 Å². The zero-order valence-corrected chi connectivity index (χ0v) is 14.8. The first-order valence-corrected chi connectivity index (χ1v) is 9.14. The molecule has 6 heteroatoms. The molecule has 1 fully saturated rings. The van der Waals surface area contributed by atoms with Crippen molar-refractivity contribution in [1.82, 2.24) is 9.97 Å². The lowest BCUT2D eigenvalue weighted by atomic mass is 10.1. The van der Waals surface area contributed by atoms with Crippen molar-refractivity contribution >= 4 is 22.4 Å². The number of carbonyl (C=O) groups is 1. The van der Waals surface area contributed by atoms with Crippen molar-refractivity contribution in [3.8, 4) is 5.88 Å². The van der Waals surface area contributed by atoms with Gasteiger partial charge in [-0.25, -0.2) is 14.4 Å². The van der Waals surface area contributed by atoms with E-state index in [2.05, 4.69) is 15.3 Å². The first-order chi connectivity index (χ1) is 13.2. The second-order valence-electron chi connectivity index (χ2n) is 6.80. The summed E-state index contributed by atoms with van der Waals surface area (Å²) in [6.07, 6.45) is 8.05. The first-order valence-electron chi connectivity index (χ1n) is 9.14. The molecule has 0 bridgehead atoms. The Morgan fingerprint density at radius 3 is 2.81 bits per heavy atom. The highest BCUT2D eigenvalue weighted by Gasteiger charge is 2.17. The zero-order chi connectivity index (χ0) is 18.6. The molecule has 2 aromatic heterocycles. The van der Waals surface area contributed by atoms with Crippen molar-refractivity contribution in [2.75, 3.05) is 11.9 Å². The van der Waals surface area contributed by atoms with Crippen molar-refractivity contribution < 1.29 is 13.9 Å². The summed E-state index contributed by atoms with van der Waals surface area (Å²) in [5, 5.41) is 4.47. The van der Waals surface area contributed by atoms with Gasteiger partial charge in [0.05, 0.1) is 6.61 Å². The molecule has 1 amide bonds. The maximum absolute atomic E-state index is 13.7. The number of rotatable bonds is 5. The van der Waals surface area contributed by atoms with Crippen LogP contribution in [0.25, 0.3) is 10.8 Å². The van der Waals surface area contributed by atoms with Crippen molar-refractivity contribution in [3.63, 3.8) is 0 Å². The van der Waals surface area contributed by atoms with Crippen LogP contribution in [-0.4, -0.2) is 22.5 Å². The Morgan fingerprint density at radius 2 is 2.00 bits per heavy atom. The fraction of sp³-hybridized carbons (Fsp3) is 0.286. The average Bonchev–Trinajstić information content (AvgIpc) is 3.20. The van der Waals surface area contributed by atoms with Crippen LogP contribution in [0.4, 0.5) is 10.1 Å². The lowest BCUT2D eigenvalue weighted by Gasteiger charge is -2.13. The maximum Gasteiger partial charge on any atom is 0.277 e. The van der Waals surface area contributed by atoms with Gasteiger partial charge in [0.2, 0.25) is 5.88 Å². The predicted molar refractivity (Wildman–Crippen MR) is 101 cm³/mol. The third-order valence-corrected chi connectivity index (χ3v) is 4.89. The van der Waals surface area contributed by atoms with Gasteiger partial charge in [-0.3, -0.25) is 4.79 Å². The largest absolute Gasteiger partial charge is 0.477 e. The Bertz CT molecular complexity index is 971. The number of benzene rings is 1. The molecular formula is C21H20FN3O2. The van der Waals surface area contributed by atoms with Crippen molar-refractivity contribution in [2.45, 2.75) is 25.7 Å². The molecule has 1 aliphatic carbocycles. The van der Waals surface area contributed by atoms with Gasteiger partial charge in [-0.15, -0.1) is 0 Å². The molecule has 0 radical (unpaired) electrons. The van der Waals surface area contributed by atoms with Gasteiger partial charge < -0.3 is 10.1 Å². The molecule has 4 rings (SSSR count). The van der Waals surface area contributed by atoms with Gasteiger partial charge in [0, 0.05) is 23.5 Å². The summed E-state index contributed by atoms with van der Waals surface area (Å²) in [6.45, 7) is 0.684.